The van der Waals surface area contributed by atoms with E-state index in [1.54, 1.807) is 6.07 Å². The van der Waals surface area contributed by atoms with Crippen LogP contribution in [0.2, 0.25) is 0 Å². The van der Waals surface area contributed by atoms with Crippen molar-refractivity contribution in [1.29, 1.82) is 0 Å². The van der Waals surface area contributed by atoms with E-state index in [0.29, 0.717) is 11.4 Å². The Morgan fingerprint density at radius 1 is 1.29 bits per heavy atom. The molecule has 1 rings (SSSR count). The molecule has 0 bridgehead atoms. The Balaban J connectivity index is 3.51. The van der Waals surface area contributed by atoms with Gasteiger partial charge >= 0.3 is 0 Å². The van der Waals surface area contributed by atoms with Crippen molar-refractivity contribution in [2.75, 3.05) is 5.73 Å². The van der Waals surface area contributed by atoms with Gasteiger partial charge in [-0.1, -0.05) is 26.8 Å². The number of nitrogens with zero attached hydrogens (tertiary/aromatic N) is 1. The molecule has 1 aromatic carbocycles. The maximum absolute atomic E-state index is 10.6. The molecular formula is C11H16N2O. The van der Waals surface area contributed by atoms with Gasteiger partial charge in [0, 0.05) is 11.3 Å². The van der Waals surface area contributed by atoms with Crippen LogP contribution in [0.3, 0.4) is 0 Å². The van der Waals surface area contributed by atoms with Crippen molar-refractivity contribution in [3.8, 4) is 0 Å². The monoisotopic (exact) mass is 192 g/mol. The van der Waals surface area contributed by atoms with Gasteiger partial charge in [0.2, 0.25) is 0 Å². The second-order valence-electron chi connectivity index (χ2n) is 4.53. The minimum Gasteiger partial charge on any atom is -0.398 e. The third kappa shape index (κ3) is 1.76. The lowest BCUT2D eigenvalue weighted by molar-refractivity contribution is 0.593. The highest BCUT2D eigenvalue weighted by Crippen LogP contribution is 2.37. The van der Waals surface area contributed by atoms with Crippen LogP contribution in [0.25, 0.3) is 0 Å². The Morgan fingerprint density at radius 2 is 1.86 bits per heavy atom. The van der Waals surface area contributed by atoms with Gasteiger partial charge in [0.05, 0.1) is 0 Å². The maximum Gasteiger partial charge on any atom is 0.113 e. The molecule has 0 amide bonds. The molecule has 0 heterocycles. The fourth-order valence-corrected chi connectivity index (χ4v) is 1.58. The molecule has 0 atom stereocenters. The molecule has 0 saturated carbocycles. The molecule has 0 radical (unpaired) electrons. The van der Waals surface area contributed by atoms with Gasteiger partial charge in [0.1, 0.15) is 5.69 Å². The topological polar surface area (TPSA) is 55.5 Å². The van der Waals surface area contributed by atoms with Crippen LogP contribution in [0.5, 0.6) is 0 Å². The number of nitrogens with two attached hydrogens (primary N) is 1. The minimum absolute atomic E-state index is 0.153. The largest absolute Gasteiger partial charge is 0.398 e. The Hall–Kier alpha value is -1.38. The number of nitroso groups, excluding NO2 is 1. The summed E-state index contributed by atoms with van der Waals surface area (Å²) in [6, 6.07) is 3.54. The molecule has 0 saturated heterocycles. The van der Waals surface area contributed by atoms with E-state index >= 15 is 0 Å². The van der Waals surface area contributed by atoms with Crippen LogP contribution < -0.4 is 5.73 Å². The van der Waals surface area contributed by atoms with Crippen LogP contribution in [0, 0.1) is 11.8 Å². The van der Waals surface area contributed by atoms with Crippen LogP contribution in [-0.4, -0.2) is 0 Å². The normalized spacial score (nSPS) is 11.4. The van der Waals surface area contributed by atoms with E-state index < -0.39 is 0 Å². The van der Waals surface area contributed by atoms with Gasteiger partial charge in [-0.2, -0.15) is 0 Å². The first-order valence-corrected chi connectivity index (χ1v) is 4.61. The Bertz CT molecular complexity index is 364. The first kappa shape index (κ1) is 10.7. The summed E-state index contributed by atoms with van der Waals surface area (Å²) in [5.41, 5.74) is 8.74. The van der Waals surface area contributed by atoms with Crippen molar-refractivity contribution in [3.63, 3.8) is 0 Å². The van der Waals surface area contributed by atoms with Crippen LogP contribution in [-0.2, 0) is 5.41 Å². The number of hydrogen-bond donors (Lipinski definition) is 1. The molecule has 0 spiro atoms. The molecule has 0 aliphatic carbocycles. The van der Waals surface area contributed by atoms with Gasteiger partial charge in [-0.15, -0.1) is 4.91 Å². The summed E-state index contributed by atoms with van der Waals surface area (Å²) in [6.07, 6.45) is 0. The molecule has 0 aromatic heterocycles. The number of anilines is 1. The Kier molecular flexibility index (Phi) is 2.60. The molecule has 76 valence electrons. The average molecular weight is 192 g/mol. The van der Waals surface area contributed by atoms with Crippen LogP contribution >= 0.6 is 0 Å². The van der Waals surface area contributed by atoms with Gasteiger partial charge in [-0.3, -0.25) is 0 Å². The number of nitrogen functional groups attached to an aromatic ring is 1. The van der Waals surface area contributed by atoms with Gasteiger partial charge in [-0.05, 0) is 29.1 Å². The molecule has 3 nitrogen and oxygen atoms in total. The smallest absolute Gasteiger partial charge is 0.113 e. The summed E-state index contributed by atoms with van der Waals surface area (Å²) < 4.78 is 0. The maximum atomic E-state index is 10.6. The summed E-state index contributed by atoms with van der Waals surface area (Å²) in [5.74, 6) is 0. The lowest BCUT2D eigenvalue weighted by atomic mass is 9.83. The highest BCUT2D eigenvalue weighted by atomic mass is 16.3. The third-order valence-electron chi connectivity index (χ3n) is 2.29. The number of aryl methyl sites for hydroxylation is 1. The zero-order valence-corrected chi connectivity index (χ0v) is 9.09. The summed E-state index contributed by atoms with van der Waals surface area (Å²) >= 11 is 0. The predicted octanol–water partition coefficient (Wildman–Crippen LogP) is 3.27. The van der Waals surface area contributed by atoms with Crippen LogP contribution in [0.15, 0.2) is 17.3 Å². The molecule has 0 aliphatic heterocycles. The molecule has 0 fully saturated rings. The van der Waals surface area contributed by atoms with E-state index in [-0.39, 0.29) is 5.41 Å². The first-order valence-electron chi connectivity index (χ1n) is 4.61. The Labute approximate surface area is 84.3 Å². The average Bonchev–Trinajstić information content (AvgIpc) is 2.07. The molecule has 0 unspecified atom stereocenters. The van der Waals surface area contributed by atoms with Crippen molar-refractivity contribution in [2.45, 2.75) is 33.1 Å². The summed E-state index contributed by atoms with van der Waals surface area (Å²) in [7, 11) is 0. The second kappa shape index (κ2) is 3.40. The molecule has 3 heteroatoms. The number of hydrogen-bond acceptors (Lipinski definition) is 3. The second-order valence-corrected chi connectivity index (χ2v) is 4.53. The highest BCUT2D eigenvalue weighted by Gasteiger charge is 2.22. The van der Waals surface area contributed by atoms with E-state index in [1.165, 1.54) is 0 Å². The van der Waals surface area contributed by atoms with E-state index in [1.807, 2.05) is 33.8 Å². The molecule has 2 N–H and O–H groups in total. The minimum atomic E-state index is -0.153. The lowest BCUT2D eigenvalue weighted by Gasteiger charge is -2.23. The van der Waals surface area contributed by atoms with Crippen molar-refractivity contribution in [1.82, 2.24) is 0 Å². The van der Waals surface area contributed by atoms with Gasteiger partial charge in [0.15, 0.2) is 0 Å². The summed E-state index contributed by atoms with van der Waals surface area (Å²) in [5, 5.41) is 3.01. The van der Waals surface area contributed by atoms with E-state index in [4.69, 9.17) is 5.73 Å². The quantitative estimate of drug-likeness (QED) is 0.548. The van der Waals surface area contributed by atoms with Crippen molar-refractivity contribution < 1.29 is 0 Å². The lowest BCUT2D eigenvalue weighted by Crippen LogP contribution is -2.15. The zero-order valence-electron chi connectivity index (χ0n) is 9.09. The summed E-state index contributed by atoms with van der Waals surface area (Å²) in [6.45, 7) is 7.99. The third-order valence-corrected chi connectivity index (χ3v) is 2.29. The first-order chi connectivity index (χ1) is 6.38. The van der Waals surface area contributed by atoms with Crippen molar-refractivity contribution >= 4 is 11.4 Å². The van der Waals surface area contributed by atoms with Crippen LogP contribution in [0.1, 0.15) is 31.9 Å². The molecule has 1 aromatic rings. The fraction of sp³-hybridized carbons (Fsp3) is 0.455. The van der Waals surface area contributed by atoms with Gasteiger partial charge < -0.3 is 5.73 Å². The SMILES string of the molecule is Cc1ccc(N=O)c(C(C)(C)C)c1N. The zero-order chi connectivity index (χ0) is 10.9. The standard InChI is InChI=1S/C11H16N2O/c1-7-5-6-8(13-14)9(10(7)12)11(2,3)4/h5-6H,12H2,1-4H3. The van der Waals surface area contributed by atoms with E-state index in [9.17, 15) is 4.91 Å². The van der Waals surface area contributed by atoms with Gasteiger partial charge in [-0.25, -0.2) is 0 Å². The summed E-state index contributed by atoms with van der Waals surface area (Å²) in [4.78, 5) is 10.6. The Morgan fingerprint density at radius 3 is 2.29 bits per heavy atom. The van der Waals surface area contributed by atoms with Gasteiger partial charge in [0.25, 0.3) is 0 Å². The number of benzene rings is 1. The predicted molar refractivity (Wildman–Crippen MR) is 59.7 cm³/mol. The molecular weight excluding hydrogens is 176 g/mol. The molecule has 0 aliphatic rings. The number of rotatable bonds is 1. The van der Waals surface area contributed by atoms with E-state index in [0.717, 1.165) is 11.1 Å². The molecule has 14 heavy (non-hydrogen) atoms. The fourth-order valence-electron chi connectivity index (χ4n) is 1.58. The van der Waals surface area contributed by atoms with E-state index in [2.05, 4.69) is 5.18 Å². The van der Waals surface area contributed by atoms with Crippen molar-refractivity contribution in [3.05, 3.63) is 28.2 Å². The highest BCUT2D eigenvalue weighted by molar-refractivity contribution is 5.67. The van der Waals surface area contributed by atoms with Crippen LogP contribution in [0.4, 0.5) is 11.4 Å². The van der Waals surface area contributed by atoms with Crippen molar-refractivity contribution in [2.24, 2.45) is 5.18 Å².